The third kappa shape index (κ3) is 3.21. The average Bonchev–Trinajstić information content (AvgIpc) is 2.98. The van der Waals surface area contributed by atoms with Crippen molar-refractivity contribution in [2.75, 3.05) is 16.4 Å². The van der Waals surface area contributed by atoms with Gasteiger partial charge in [0.15, 0.2) is 15.0 Å². The Morgan fingerprint density at radius 1 is 1.42 bits per heavy atom. The van der Waals surface area contributed by atoms with E-state index >= 15 is 0 Å². The zero-order chi connectivity index (χ0) is 17.5. The van der Waals surface area contributed by atoms with Gasteiger partial charge in [0.05, 0.1) is 23.2 Å². The molecule has 2 saturated heterocycles. The van der Waals surface area contributed by atoms with E-state index in [-0.39, 0.29) is 40.3 Å². The molecular weight excluding hydrogens is 351 g/mol. The maximum atomic E-state index is 14.3. The minimum absolute atomic E-state index is 0.0316. The van der Waals surface area contributed by atoms with Crippen LogP contribution in [-0.4, -0.2) is 42.3 Å². The highest BCUT2D eigenvalue weighted by Crippen LogP contribution is 2.41. The molecule has 0 bridgehead atoms. The Hall–Kier alpha value is -1.41. The number of carbonyl (C=O) groups is 1. The fourth-order valence-electron chi connectivity index (χ4n) is 2.87. The van der Waals surface area contributed by atoms with Crippen LogP contribution in [0.5, 0.6) is 0 Å². The van der Waals surface area contributed by atoms with E-state index in [4.69, 9.17) is 0 Å². The number of para-hydroxylation sites is 1. The van der Waals surface area contributed by atoms with Gasteiger partial charge in [0.2, 0.25) is 0 Å². The van der Waals surface area contributed by atoms with Gasteiger partial charge in [-0.25, -0.2) is 12.8 Å². The maximum absolute atomic E-state index is 14.3. The lowest BCUT2D eigenvalue weighted by Crippen LogP contribution is -2.38. The number of halogens is 1. The molecule has 2 heterocycles. The Morgan fingerprint density at radius 2 is 2.12 bits per heavy atom. The number of rotatable bonds is 3. The van der Waals surface area contributed by atoms with E-state index in [1.807, 2.05) is 6.92 Å². The van der Waals surface area contributed by atoms with Crippen LogP contribution in [-0.2, 0) is 14.6 Å². The highest BCUT2D eigenvalue weighted by atomic mass is 32.2. The summed E-state index contributed by atoms with van der Waals surface area (Å²) < 4.78 is 38.2. The van der Waals surface area contributed by atoms with Crippen LogP contribution < -0.4 is 4.90 Å². The summed E-state index contributed by atoms with van der Waals surface area (Å²) in [7, 11) is -3.16. The molecule has 1 aromatic rings. The summed E-state index contributed by atoms with van der Waals surface area (Å²) in [5.41, 5.74) is 0.269. The predicted molar refractivity (Wildman–Crippen MR) is 94.6 cm³/mol. The van der Waals surface area contributed by atoms with Crippen LogP contribution in [0.3, 0.4) is 0 Å². The monoisotopic (exact) mass is 370 g/mol. The molecule has 2 aliphatic heterocycles. The summed E-state index contributed by atoms with van der Waals surface area (Å²) >= 11 is 1.26. The summed E-state index contributed by atoms with van der Waals surface area (Å²) in [5, 5.41) is 0.174. The predicted octanol–water partition coefficient (Wildman–Crippen LogP) is 2.47. The number of hydrogen-bond acceptors (Lipinski definition) is 4. The Morgan fingerprint density at radius 3 is 2.79 bits per heavy atom. The van der Waals surface area contributed by atoms with Crippen LogP contribution in [0.1, 0.15) is 20.3 Å². The fraction of sp³-hybridized carbons (Fsp3) is 0.500. The number of benzene rings is 1. The SMILES string of the molecule is CC[C@@H](C)C(=O)N=C1S[C@H]2CS(=O)(=O)C[C@H]2N1c1ccccc1F. The van der Waals surface area contributed by atoms with E-state index in [0.29, 0.717) is 11.6 Å². The van der Waals surface area contributed by atoms with Crippen LogP contribution in [0.25, 0.3) is 0 Å². The number of fused-ring (bicyclic) bond motifs is 1. The first-order valence-electron chi connectivity index (χ1n) is 7.85. The number of aliphatic imine (C=N–C) groups is 1. The molecule has 1 aromatic carbocycles. The third-order valence-corrected chi connectivity index (χ3v) is 7.63. The quantitative estimate of drug-likeness (QED) is 0.818. The van der Waals surface area contributed by atoms with E-state index in [2.05, 4.69) is 4.99 Å². The first-order chi connectivity index (χ1) is 11.3. The van der Waals surface area contributed by atoms with Crippen molar-refractivity contribution in [1.82, 2.24) is 0 Å². The van der Waals surface area contributed by atoms with Crippen LogP contribution in [0.2, 0.25) is 0 Å². The van der Waals surface area contributed by atoms with Crippen LogP contribution >= 0.6 is 11.8 Å². The van der Waals surface area contributed by atoms with Crippen LogP contribution in [0, 0.1) is 11.7 Å². The standard InChI is InChI=1S/C16H19FN2O3S2/c1-3-10(2)15(20)18-16-19(12-7-5-4-6-11(12)17)13-8-24(21,22)9-14(13)23-16/h4-7,10,13-14H,3,8-9H2,1-2H3/t10-,13-,14+/m1/s1. The normalized spacial score (nSPS) is 28.1. The fourth-order valence-corrected chi connectivity index (χ4v) is 6.78. The molecule has 2 fully saturated rings. The number of amides is 1. The number of thioether (sulfide) groups is 1. The Bertz CT molecular complexity index is 794. The summed E-state index contributed by atoms with van der Waals surface area (Å²) in [6.07, 6.45) is 0.668. The van der Waals surface area contributed by atoms with Crippen molar-refractivity contribution in [2.45, 2.75) is 31.6 Å². The molecule has 3 rings (SSSR count). The van der Waals surface area contributed by atoms with Gasteiger partial charge in [-0.1, -0.05) is 37.7 Å². The summed E-state index contributed by atoms with van der Waals surface area (Å²) in [6.45, 7) is 3.70. The molecule has 0 unspecified atom stereocenters. The maximum Gasteiger partial charge on any atom is 0.250 e. The second kappa shape index (κ2) is 6.48. The van der Waals surface area contributed by atoms with Crippen molar-refractivity contribution in [3.63, 3.8) is 0 Å². The topological polar surface area (TPSA) is 66.8 Å². The molecule has 0 spiro atoms. The lowest BCUT2D eigenvalue weighted by Gasteiger charge is -2.25. The molecule has 0 aromatic heterocycles. The highest BCUT2D eigenvalue weighted by molar-refractivity contribution is 8.16. The lowest BCUT2D eigenvalue weighted by molar-refractivity contribution is -0.121. The van der Waals surface area contributed by atoms with Gasteiger partial charge in [0.25, 0.3) is 5.91 Å². The lowest BCUT2D eigenvalue weighted by atomic mass is 10.1. The molecule has 0 aliphatic carbocycles. The molecule has 0 saturated carbocycles. The van der Waals surface area contributed by atoms with Gasteiger partial charge in [0.1, 0.15) is 5.82 Å². The highest BCUT2D eigenvalue weighted by Gasteiger charge is 2.50. The number of sulfone groups is 1. The van der Waals surface area contributed by atoms with E-state index in [1.54, 1.807) is 30.0 Å². The smallest absolute Gasteiger partial charge is 0.250 e. The van der Waals surface area contributed by atoms with E-state index in [9.17, 15) is 17.6 Å². The summed E-state index contributed by atoms with van der Waals surface area (Å²) in [6, 6.07) is 5.79. The Labute approximate surface area is 145 Å². The van der Waals surface area contributed by atoms with Crippen molar-refractivity contribution in [1.29, 1.82) is 0 Å². The first kappa shape index (κ1) is 17.4. The minimum Gasteiger partial charge on any atom is -0.313 e. The second-order valence-corrected chi connectivity index (χ2v) is 9.52. The van der Waals surface area contributed by atoms with Gasteiger partial charge >= 0.3 is 0 Å². The van der Waals surface area contributed by atoms with E-state index in [0.717, 1.165) is 0 Å². The van der Waals surface area contributed by atoms with Crippen molar-refractivity contribution in [3.8, 4) is 0 Å². The average molecular weight is 370 g/mol. The Kier molecular flexibility index (Phi) is 4.70. The minimum atomic E-state index is -3.16. The van der Waals surface area contributed by atoms with Crippen molar-refractivity contribution in [3.05, 3.63) is 30.1 Å². The van der Waals surface area contributed by atoms with Crippen LogP contribution in [0.4, 0.5) is 10.1 Å². The molecular formula is C16H19FN2O3S2. The zero-order valence-electron chi connectivity index (χ0n) is 13.5. The molecule has 24 heavy (non-hydrogen) atoms. The number of anilines is 1. The van der Waals surface area contributed by atoms with Crippen LogP contribution in [0.15, 0.2) is 29.3 Å². The zero-order valence-corrected chi connectivity index (χ0v) is 15.1. The molecule has 130 valence electrons. The molecule has 5 nitrogen and oxygen atoms in total. The Balaban J connectivity index is 2.02. The van der Waals surface area contributed by atoms with Gasteiger partial charge in [-0.05, 0) is 18.6 Å². The van der Waals surface area contributed by atoms with Gasteiger partial charge in [-0.15, -0.1) is 0 Å². The van der Waals surface area contributed by atoms with Crippen molar-refractivity contribution in [2.24, 2.45) is 10.9 Å². The van der Waals surface area contributed by atoms with Crippen molar-refractivity contribution >= 4 is 38.4 Å². The molecule has 2 aliphatic rings. The first-order valence-corrected chi connectivity index (χ1v) is 10.6. The van der Waals surface area contributed by atoms with Gasteiger partial charge < -0.3 is 4.90 Å². The molecule has 1 amide bonds. The van der Waals surface area contributed by atoms with Gasteiger partial charge in [-0.3, -0.25) is 4.79 Å². The molecule has 0 N–H and O–H groups in total. The molecule has 8 heteroatoms. The number of nitrogens with zero attached hydrogens (tertiary/aromatic N) is 2. The molecule has 0 radical (unpaired) electrons. The summed E-state index contributed by atoms with van der Waals surface area (Å²) in [5.74, 6) is -0.944. The molecule has 3 atom stereocenters. The third-order valence-electron chi connectivity index (χ3n) is 4.42. The van der Waals surface area contributed by atoms with Gasteiger partial charge in [0, 0.05) is 11.2 Å². The van der Waals surface area contributed by atoms with E-state index in [1.165, 1.54) is 17.8 Å². The number of carbonyl (C=O) groups excluding carboxylic acids is 1. The van der Waals surface area contributed by atoms with Gasteiger partial charge in [-0.2, -0.15) is 4.99 Å². The number of amidine groups is 1. The number of hydrogen-bond donors (Lipinski definition) is 0. The second-order valence-electron chi connectivity index (χ2n) is 6.16. The van der Waals surface area contributed by atoms with Crippen molar-refractivity contribution < 1.29 is 17.6 Å². The summed E-state index contributed by atoms with van der Waals surface area (Å²) in [4.78, 5) is 18.0. The van der Waals surface area contributed by atoms with E-state index < -0.39 is 15.7 Å². The largest absolute Gasteiger partial charge is 0.313 e.